The first-order valence-corrected chi connectivity index (χ1v) is 12.7. The van der Waals surface area contributed by atoms with E-state index in [-0.39, 0.29) is 5.92 Å². The normalized spacial score (nSPS) is 15.0. The van der Waals surface area contributed by atoms with Crippen LogP contribution in [0.25, 0.3) is 10.9 Å². The molecule has 178 valence electrons. The predicted octanol–water partition coefficient (Wildman–Crippen LogP) is 8.73. The van der Waals surface area contributed by atoms with Crippen LogP contribution in [0.5, 0.6) is 0 Å². The molecule has 2 N–H and O–H groups in total. The molecule has 3 aromatic rings. The first kappa shape index (κ1) is 25.0. The Labute approximate surface area is 213 Å². The van der Waals surface area contributed by atoms with E-state index in [1.54, 1.807) is 0 Å². The van der Waals surface area contributed by atoms with Gasteiger partial charge in [0, 0.05) is 11.6 Å². The average molecular weight is 478 g/mol. The van der Waals surface area contributed by atoms with Crippen LogP contribution >= 0.6 is 9.24 Å². The maximum absolute atomic E-state index is 6.32. The predicted molar refractivity (Wildman–Crippen MR) is 158 cm³/mol. The molecule has 0 aromatic heterocycles. The summed E-state index contributed by atoms with van der Waals surface area (Å²) in [4.78, 5) is 0. The van der Waals surface area contributed by atoms with Gasteiger partial charge in [0.2, 0.25) is 0 Å². The van der Waals surface area contributed by atoms with Crippen LogP contribution in [0, 0.1) is 20.8 Å². The number of hydrogen-bond acceptors (Lipinski definition) is 1. The molecule has 0 heterocycles. The van der Waals surface area contributed by atoms with Crippen LogP contribution in [0.3, 0.4) is 0 Å². The van der Waals surface area contributed by atoms with Crippen LogP contribution in [0.1, 0.15) is 58.7 Å². The van der Waals surface area contributed by atoms with Crippen LogP contribution in [0.15, 0.2) is 96.1 Å². The Morgan fingerprint density at radius 3 is 2.31 bits per heavy atom. The van der Waals surface area contributed by atoms with Gasteiger partial charge in [-0.05, 0) is 109 Å². The summed E-state index contributed by atoms with van der Waals surface area (Å²) in [7, 11) is 3.04. The van der Waals surface area contributed by atoms with Gasteiger partial charge in [0.1, 0.15) is 0 Å². The van der Waals surface area contributed by atoms with Crippen molar-refractivity contribution in [1.82, 2.24) is 0 Å². The Balaban J connectivity index is 2.08. The number of nitrogens with two attached hydrogens (primary N) is 1. The van der Waals surface area contributed by atoms with Gasteiger partial charge < -0.3 is 5.73 Å². The topological polar surface area (TPSA) is 26.0 Å². The summed E-state index contributed by atoms with van der Waals surface area (Å²) in [5.41, 5.74) is 21.8. The molecule has 35 heavy (non-hydrogen) atoms. The molecule has 1 aliphatic rings. The van der Waals surface area contributed by atoms with Crippen LogP contribution < -0.4 is 5.73 Å². The van der Waals surface area contributed by atoms with Gasteiger partial charge in [-0.1, -0.05) is 78.4 Å². The summed E-state index contributed by atoms with van der Waals surface area (Å²) in [6.45, 7) is 19.9. The minimum absolute atomic E-state index is 0.0235. The second-order valence-electron chi connectivity index (χ2n) is 10.0. The van der Waals surface area contributed by atoms with Crippen molar-refractivity contribution in [3.05, 3.63) is 135 Å². The molecule has 1 aliphatic carbocycles. The lowest BCUT2D eigenvalue weighted by Crippen LogP contribution is -2.16. The molecule has 0 saturated heterocycles. The third-order valence-electron chi connectivity index (χ3n) is 7.11. The summed E-state index contributed by atoms with van der Waals surface area (Å²) >= 11 is 0. The lowest BCUT2D eigenvalue weighted by atomic mass is 9.72. The van der Waals surface area contributed by atoms with E-state index in [1.165, 1.54) is 61.0 Å². The molecule has 0 amide bonds. The lowest BCUT2D eigenvalue weighted by Gasteiger charge is -2.33. The van der Waals surface area contributed by atoms with E-state index < -0.39 is 0 Å². The van der Waals surface area contributed by atoms with Gasteiger partial charge in [0.25, 0.3) is 0 Å². The number of aryl methyl sites for hydroxylation is 3. The van der Waals surface area contributed by atoms with Gasteiger partial charge in [0.05, 0.1) is 0 Å². The quantitative estimate of drug-likeness (QED) is 0.222. The van der Waals surface area contributed by atoms with Gasteiger partial charge >= 0.3 is 0 Å². The molecular weight excluding hydrogens is 441 g/mol. The van der Waals surface area contributed by atoms with Crippen molar-refractivity contribution in [2.75, 3.05) is 5.73 Å². The first-order chi connectivity index (χ1) is 16.6. The number of nitrogen functional groups attached to an aromatic ring is 1. The van der Waals surface area contributed by atoms with Gasteiger partial charge in [-0.2, -0.15) is 0 Å². The van der Waals surface area contributed by atoms with Crippen molar-refractivity contribution < 1.29 is 0 Å². The first-order valence-electron chi connectivity index (χ1n) is 12.2. The highest BCUT2D eigenvalue weighted by Gasteiger charge is 2.31. The Bertz CT molecular complexity index is 1420. The van der Waals surface area contributed by atoms with Crippen molar-refractivity contribution >= 4 is 25.8 Å². The van der Waals surface area contributed by atoms with E-state index in [0.29, 0.717) is 0 Å². The summed E-state index contributed by atoms with van der Waals surface area (Å²) in [6.07, 6.45) is 0.841. The van der Waals surface area contributed by atoms with E-state index >= 15 is 0 Å². The largest absolute Gasteiger partial charge is 0.399 e. The molecule has 2 unspecified atom stereocenters. The SMILES string of the molecule is C=C1Cc2ccc(C)cc2C(P)=C1C(/C(C(=C)C)=C(\C)c1cc(C)ccc1C)c1cccc(N)c1. The molecular formula is C33H36NP. The minimum Gasteiger partial charge on any atom is -0.399 e. The molecule has 2 heteroatoms. The molecule has 2 atom stereocenters. The zero-order valence-corrected chi connectivity index (χ0v) is 22.8. The van der Waals surface area contributed by atoms with E-state index in [1.807, 2.05) is 12.1 Å². The Hall–Kier alpha value is -3.15. The summed E-state index contributed by atoms with van der Waals surface area (Å²) in [6, 6.07) is 21.7. The number of benzene rings is 3. The number of allylic oxidation sites excluding steroid dienone is 5. The highest BCUT2D eigenvalue weighted by molar-refractivity contribution is 7.31. The Morgan fingerprint density at radius 1 is 0.943 bits per heavy atom. The smallest absolute Gasteiger partial charge is 0.0354 e. The highest BCUT2D eigenvalue weighted by Crippen LogP contribution is 2.50. The summed E-state index contributed by atoms with van der Waals surface area (Å²) < 4.78 is 0. The fraction of sp³-hybridized carbons (Fsp3) is 0.212. The van der Waals surface area contributed by atoms with Crippen molar-refractivity contribution in [3.8, 4) is 0 Å². The number of hydrogen-bond donors (Lipinski definition) is 1. The standard InChI is InChI=1S/C33H36NP/c1-19(2)30(24(7)28-15-20(3)11-13-22(28)5)32(26-9-8-10-27(34)18-26)31-23(6)17-25-14-12-21(4)16-29(25)33(31)35/h8-16,18,32H,1,6,17,34-35H2,2-5,7H3/b30-24+. The second kappa shape index (κ2) is 9.84. The molecule has 3 aromatic carbocycles. The van der Waals surface area contributed by atoms with Crippen LogP contribution in [0.4, 0.5) is 5.69 Å². The van der Waals surface area contributed by atoms with Crippen molar-refractivity contribution in [2.45, 2.75) is 47.0 Å². The van der Waals surface area contributed by atoms with E-state index in [4.69, 9.17) is 5.73 Å². The molecule has 0 spiro atoms. The van der Waals surface area contributed by atoms with Gasteiger partial charge in [-0.15, -0.1) is 9.24 Å². The molecule has 0 saturated carbocycles. The van der Waals surface area contributed by atoms with Crippen LogP contribution in [-0.2, 0) is 6.42 Å². The Kier molecular flexibility index (Phi) is 7.02. The van der Waals surface area contributed by atoms with Gasteiger partial charge in [-0.3, -0.25) is 0 Å². The van der Waals surface area contributed by atoms with Crippen molar-refractivity contribution in [1.29, 1.82) is 0 Å². The van der Waals surface area contributed by atoms with E-state index in [2.05, 4.69) is 106 Å². The molecule has 0 bridgehead atoms. The third-order valence-corrected chi connectivity index (χ3v) is 7.73. The number of rotatable bonds is 5. The molecule has 0 fully saturated rings. The van der Waals surface area contributed by atoms with Gasteiger partial charge in [0.15, 0.2) is 0 Å². The molecule has 0 aliphatic heterocycles. The molecule has 1 nitrogen and oxygen atoms in total. The number of fused-ring (bicyclic) bond motifs is 1. The fourth-order valence-corrected chi connectivity index (χ4v) is 6.04. The fourth-order valence-electron chi connectivity index (χ4n) is 5.40. The van der Waals surface area contributed by atoms with Crippen molar-refractivity contribution in [2.24, 2.45) is 0 Å². The van der Waals surface area contributed by atoms with Gasteiger partial charge in [-0.25, -0.2) is 0 Å². The maximum Gasteiger partial charge on any atom is 0.0354 e. The van der Waals surface area contributed by atoms with Crippen LogP contribution in [0.2, 0.25) is 0 Å². The summed E-state index contributed by atoms with van der Waals surface area (Å²) in [5.74, 6) is -0.0235. The molecule has 0 radical (unpaired) electrons. The number of anilines is 1. The monoisotopic (exact) mass is 477 g/mol. The van der Waals surface area contributed by atoms with Crippen LogP contribution in [-0.4, -0.2) is 0 Å². The third kappa shape index (κ3) is 4.84. The summed E-state index contributed by atoms with van der Waals surface area (Å²) in [5, 5.41) is 1.21. The van der Waals surface area contributed by atoms with E-state index in [9.17, 15) is 0 Å². The zero-order valence-electron chi connectivity index (χ0n) is 21.6. The van der Waals surface area contributed by atoms with Crippen molar-refractivity contribution in [3.63, 3.8) is 0 Å². The Morgan fingerprint density at radius 2 is 1.63 bits per heavy atom. The molecule has 4 rings (SSSR count). The minimum atomic E-state index is -0.0235. The highest BCUT2D eigenvalue weighted by atomic mass is 31.0. The lowest BCUT2D eigenvalue weighted by molar-refractivity contribution is 0.917. The second-order valence-corrected chi connectivity index (χ2v) is 10.6. The average Bonchev–Trinajstić information content (AvgIpc) is 2.80. The maximum atomic E-state index is 6.32. The zero-order chi connectivity index (χ0) is 25.4. The van der Waals surface area contributed by atoms with E-state index in [0.717, 1.165) is 23.3 Å².